The van der Waals surface area contributed by atoms with Gasteiger partial charge in [0.05, 0.1) is 14.4 Å². The van der Waals surface area contributed by atoms with Crippen LogP contribution in [0.1, 0.15) is 65.6 Å². The summed E-state index contributed by atoms with van der Waals surface area (Å²) in [6.45, 7) is 12.4. The highest BCUT2D eigenvalue weighted by Gasteiger charge is 2.39. The minimum absolute atomic E-state index is 0.0325. The number of amides is 1. The summed E-state index contributed by atoms with van der Waals surface area (Å²) in [5.41, 5.74) is -2.28. The van der Waals surface area contributed by atoms with Crippen molar-refractivity contribution in [2.24, 2.45) is 0 Å². The van der Waals surface area contributed by atoms with Crippen molar-refractivity contribution in [2.45, 2.75) is 71.3 Å². The maximum atomic E-state index is 14.4. The van der Waals surface area contributed by atoms with Gasteiger partial charge in [-0.2, -0.15) is 23.5 Å². The second-order valence-corrected chi connectivity index (χ2v) is 16.4. The van der Waals surface area contributed by atoms with Gasteiger partial charge in [-0.15, -0.1) is 5.04 Å². The molecule has 0 bridgehead atoms. The van der Waals surface area contributed by atoms with Gasteiger partial charge in [0.15, 0.2) is 0 Å². The lowest BCUT2D eigenvalue weighted by atomic mass is 10.0. The van der Waals surface area contributed by atoms with Crippen molar-refractivity contribution in [3.05, 3.63) is 89.7 Å². The van der Waals surface area contributed by atoms with Gasteiger partial charge < -0.3 is 19.2 Å². The second-order valence-electron chi connectivity index (χ2n) is 12.1. The topological polar surface area (TPSA) is 56.8 Å². The van der Waals surface area contributed by atoms with Crippen LogP contribution in [0, 0.1) is 5.82 Å². The molecular formula is C32H39F4NO4Si-. The molecule has 0 heterocycles. The third-order valence-electron chi connectivity index (χ3n) is 6.65. The van der Waals surface area contributed by atoms with Crippen LogP contribution in [0.3, 0.4) is 0 Å². The lowest BCUT2D eigenvalue weighted by Gasteiger charge is -2.55. The number of benzene rings is 3. The van der Waals surface area contributed by atoms with Gasteiger partial charge >= 0.3 is 12.3 Å². The summed E-state index contributed by atoms with van der Waals surface area (Å²) >= 11 is 0. The zero-order valence-electron chi connectivity index (χ0n) is 25.1. The molecular weight excluding hydrogens is 566 g/mol. The number of nitrogens with one attached hydrogen (secondary N) is 1. The van der Waals surface area contributed by atoms with Crippen LogP contribution in [0.4, 0.5) is 22.4 Å². The third kappa shape index (κ3) is 7.92. The molecule has 3 aromatic carbocycles. The summed E-state index contributed by atoms with van der Waals surface area (Å²) in [5.74, 6) is -1.68. The SMILES string of the molecule is C[C@@H](NC(=O)OC(C)(C)C)c1cc(F)cc(C(F)(F)F)c1OCCO[Si-](c1ccccc1)(c1ccccc1)C(C)(C)C. The van der Waals surface area contributed by atoms with Gasteiger partial charge in [-0.3, -0.25) is 0 Å². The van der Waals surface area contributed by atoms with Gasteiger partial charge in [0.2, 0.25) is 0 Å². The Morgan fingerprint density at radius 3 is 1.83 bits per heavy atom. The first-order chi connectivity index (χ1) is 19.5. The van der Waals surface area contributed by atoms with Gasteiger partial charge in [0, 0.05) is 12.2 Å². The molecule has 229 valence electrons. The van der Waals surface area contributed by atoms with Crippen LogP contribution in [0.5, 0.6) is 5.75 Å². The van der Waals surface area contributed by atoms with Gasteiger partial charge in [-0.25, -0.2) is 9.18 Å². The average Bonchev–Trinajstić information content (AvgIpc) is 2.87. The van der Waals surface area contributed by atoms with E-state index in [1.165, 1.54) is 6.92 Å². The molecule has 3 aromatic rings. The molecule has 1 amide bonds. The highest BCUT2D eigenvalue weighted by molar-refractivity contribution is 6.99. The van der Waals surface area contributed by atoms with Crippen LogP contribution in [0.2, 0.25) is 5.04 Å². The first-order valence-corrected chi connectivity index (χ1v) is 15.6. The molecule has 0 radical (unpaired) electrons. The molecule has 0 unspecified atom stereocenters. The van der Waals surface area contributed by atoms with E-state index in [0.717, 1.165) is 16.4 Å². The quantitative estimate of drug-likeness (QED) is 0.157. The predicted molar refractivity (Wildman–Crippen MR) is 158 cm³/mol. The Morgan fingerprint density at radius 2 is 1.38 bits per heavy atom. The van der Waals surface area contributed by atoms with Crippen molar-refractivity contribution < 1.29 is 36.3 Å². The van der Waals surface area contributed by atoms with E-state index in [1.54, 1.807) is 20.8 Å². The van der Waals surface area contributed by atoms with Crippen LogP contribution in [-0.4, -0.2) is 33.2 Å². The monoisotopic (exact) mass is 605 g/mol. The largest absolute Gasteiger partial charge is 0.556 e. The van der Waals surface area contributed by atoms with Crippen molar-refractivity contribution >= 4 is 24.8 Å². The Hall–Kier alpha value is -3.37. The van der Waals surface area contributed by atoms with Crippen LogP contribution in [-0.2, 0) is 15.3 Å². The van der Waals surface area contributed by atoms with E-state index in [4.69, 9.17) is 13.9 Å². The fraction of sp³-hybridized carbons (Fsp3) is 0.406. The van der Waals surface area contributed by atoms with Crippen molar-refractivity contribution in [2.75, 3.05) is 13.2 Å². The van der Waals surface area contributed by atoms with Crippen LogP contribution >= 0.6 is 0 Å². The minimum Gasteiger partial charge on any atom is -0.556 e. The number of halogens is 4. The van der Waals surface area contributed by atoms with E-state index in [9.17, 15) is 22.4 Å². The molecule has 5 nitrogen and oxygen atoms in total. The molecule has 0 aromatic heterocycles. The number of carbonyl (C=O) groups is 1. The lowest BCUT2D eigenvalue weighted by molar-refractivity contribution is -0.139. The number of ether oxygens (including phenoxy) is 2. The van der Waals surface area contributed by atoms with E-state index in [-0.39, 0.29) is 23.8 Å². The maximum Gasteiger partial charge on any atom is 0.420 e. The Kier molecular flexibility index (Phi) is 10.2. The summed E-state index contributed by atoms with van der Waals surface area (Å²) in [7, 11) is -2.96. The number of alkyl halides is 3. The molecule has 1 N–H and O–H groups in total. The normalized spacial score (nSPS) is 13.4. The summed E-state index contributed by atoms with van der Waals surface area (Å²) in [6.07, 6.45) is -5.76. The number of hydrogen-bond acceptors (Lipinski definition) is 4. The van der Waals surface area contributed by atoms with Gasteiger partial charge in [0.25, 0.3) is 0 Å². The van der Waals surface area contributed by atoms with Gasteiger partial charge in [-0.1, -0.05) is 81.4 Å². The fourth-order valence-corrected chi connectivity index (χ4v) is 9.52. The number of hydrogen-bond donors (Lipinski definition) is 1. The van der Waals surface area contributed by atoms with Gasteiger partial charge in [-0.05, 0) is 39.8 Å². The standard InChI is InChI=1S/C32H39F4NO4Si/c1-22(37-29(38)41-30(2,3)4)26-20-23(33)21-27(32(34,35)36)28(26)39-18-19-40-42(31(5,6)7,24-14-10-8-11-15-24)25-16-12-9-13-17-25/h8-17,20-22H,18-19H2,1-7H3,(H,37,38)/q-1/t22-/m1/s1. The summed E-state index contributed by atoms with van der Waals surface area (Å²) in [4.78, 5) is 12.3. The molecule has 1 atom stereocenters. The molecule has 0 aliphatic carbocycles. The van der Waals surface area contributed by atoms with E-state index in [1.807, 2.05) is 60.7 Å². The molecule has 0 aliphatic rings. The summed E-state index contributed by atoms with van der Waals surface area (Å²) in [5, 5.41) is 4.15. The van der Waals surface area contributed by atoms with Crippen LogP contribution in [0.25, 0.3) is 0 Å². The Balaban J connectivity index is 1.95. The molecule has 0 fully saturated rings. The molecule has 0 aliphatic heterocycles. The Bertz CT molecular complexity index is 1300. The van der Waals surface area contributed by atoms with Crippen LogP contribution < -0.4 is 20.4 Å². The van der Waals surface area contributed by atoms with Crippen LogP contribution in [0.15, 0.2) is 72.8 Å². The summed E-state index contributed by atoms with van der Waals surface area (Å²) < 4.78 is 74.4. The van der Waals surface area contributed by atoms with Crippen molar-refractivity contribution in [1.82, 2.24) is 5.32 Å². The van der Waals surface area contributed by atoms with E-state index in [0.29, 0.717) is 6.07 Å². The van der Waals surface area contributed by atoms with Gasteiger partial charge in [0.1, 0.15) is 29.3 Å². The van der Waals surface area contributed by atoms with E-state index in [2.05, 4.69) is 26.1 Å². The van der Waals surface area contributed by atoms with E-state index >= 15 is 0 Å². The zero-order chi connectivity index (χ0) is 31.3. The lowest BCUT2D eigenvalue weighted by Crippen LogP contribution is -2.66. The Labute approximate surface area is 246 Å². The number of carbonyl (C=O) groups excluding carboxylic acids is 1. The third-order valence-corrected chi connectivity index (χ3v) is 11.7. The molecule has 0 saturated carbocycles. The number of alkyl carbamates (subject to hydrolysis) is 1. The molecule has 42 heavy (non-hydrogen) atoms. The fourth-order valence-electron chi connectivity index (χ4n) is 4.97. The van der Waals surface area contributed by atoms with E-state index < -0.39 is 49.4 Å². The highest BCUT2D eigenvalue weighted by Crippen LogP contribution is 2.41. The smallest absolute Gasteiger partial charge is 0.420 e. The first kappa shape index (κ1) is 33.1. The maximum absolute atomic E-state index is 14.4. The van der Waals surface area contributed by atoms with Crippen molar-refractivity contribution in [1.29, 1.82) is 0 Å². The predicted octanol–water partition coefficient (Wildman–Crippen LogP) is 7.39. The molecule has 3 rings (SSSR count). The molecule has 0 saturated heterocycles. The Morgan fingerprint density at radius 1 is 0.857 bits per heavy atom. The first-order valence-electron chi connectivity index (χ1n) is 13.7. The summed E-state index contributed by atoms with van der Waals surface area (Å²) in [6, 6.07) is 19.9. The minimum atomic E-state index is -4.91. The molecule has 10 heteroatoms. The molecule has 0 spiro atoms. The van der Waals surface area contributed by atoms with Crippen molar-refractivity contribution in [3.8, 4) is 5.75 Å². The zero-order valence-corrected chi connectivity index (χ0v) is 26.1. The average molecular weight is 606 g/mol. The van der Waals surface area contributed by atoms with Crippen molar-refractivity contribution in [3.63, 3.8) is 0 Å². The number of rotatable bonds is 9. The second kappa shape index (κ2) is 12.9. The highest BCUT2D eigenvalue weighted by atomic mass is 28.4.